The molecule has 0 bridgehead atoms. The van der Waals surface area contributed by atoms with E-state index in [1.165, 1.54) is 0 Å². The van der Waals surface area contributed by atoms with Crippen LogP contribution < -0.4 is 10.6 Å². The van der Waals surface area contributed by atoms with E-state index in [1.54, 1.807) is 14.2 Å². The zero-order valence-corrected chi connectivity index (χ0v) is 12.0. The molecule has 0 saturated carbocycles. The number of rotatable bonds is 3. The van der Waals surface area contributed by atoms with E-state index < -0.39 is 5.41 Å². The Morgan fingerprint density at radius 2 is 1.72 bits per heavy atom. The minimum atomic E-state index is -0.648. The van der Waals surface area contributed by atoms with Crippen molar-refractivity contribution in [3.8, 4) is 5.75 Å². The summed E-state index contributed by atoms with van der Waals surface area (Å²) in [5, 5.41) is 1.13. The molecular formula is C14H22N2O2. The van der Waals surface area contributed by atoms with Crippen molar-refractivity contribution >= 4 is 5.91 Å². The van der Waals surface area contributed by atoms with Gasteiger partial charge in [-0.3, -0.25) is 9.80 Å². The lowest BCUT2D eigenvalue weighted by atomic mass is 9.82. The van der Waals surface area contributed by atoms with Gasteiger partial charge in [0.25, 0.3) is 0 Å². The third-order valence-corrected chi connectivity index (χ3v) is 3.24. The maximum Gasteiger partial charge on any atom is 0.246 e. The summed E-state index contributed by atoms with van der Waals surface area (Å²) in [6, 6.07) is 3.96. The normalized spacial score (nSPS) is 11.3. The second-order valence-corrected chi connectivity index (χ2v) is 5.18. The number of carbonyl (C=O) groups is 1. The topological polar surface area (TPSA) is 55.6 Å². The number of hydrazine groups is 1. The fraction of sp³-hybridized carbons (Fsp3) is 0.500. The number of nitrogens with zero attached hydrogens (tertiary/aromatic N) is 1. The zero-order chi connectivity index (χ0) is 14.1. The first-order valence-electron chi connectivity index (χ1n) is 5.90. The molecule has 2 N–H and O–H groups in total. The lowest BCUT2D eigenvalue weighted by Crippen LogP contribution is -2.45. The molecule has 1 aromatic rings. The Bertz CT molecular complexity index is 442. The second-order valence-electron chi connectivity index (χ2n) is 5.18. The molecular weight excluding hydrogens is 228 g/mol. The molecule has 0 aromatic heterocycles. The van der Waals surface area contributed by atoms with E-state index in [2.05, 4.69) is 0 Å². The highest BCUT2D eigenvalue weighted by molar-refractivity contribution is 5.87. The van der Waals surface area contributed by atoms with E-state index in [0.29, 0.717) is 0 Å². The molecule has 0 saturated heterocycles. The van der Waals surface area contributed by atoms with Crippen LogP contribution in [0.5, 0.6) is 5.75 Å². The average Bonchev–Trinajstić information content (AvgIpc) is 2.27. The van der Waals surface area contributed by atoms with Gasteiger partial charge in [0, 0.05) is 7.05 Å². The first kappa shape index (κ1) is 14.5. The summed E-state index contributed by atoms with van der Waals surface area (Å²) < 4.78 is 5.33. The van der Waals surface area contributed by atoms with Gasteiger partial charge in [-0.05, 0) is 44.4 Å². The van der Waals surface area contributed by atoms with Crippen molar-refractivity contribution in [3.63, 3.8) is 0 Å². The van der Waals surface area contributed by atoms with Gasteiger partial charge < -0.3 is 4.74 Å². The molecule has 100 valence electrons. The minimum Gasteiger partial charge on any atom is -0.496 e. The Kier molecular flexibility index (Phi) is 4.02. The van der Waals surface area contributed by atoms with Crippen LogP contribution in [0, 0.1) is 13.8 Å². The molecule has 0 fully saturated rings. The Morgan fingerprint density at radius 1 is 1.28 bits per heavy atom. The van der Waals surface area contributed by atoms with E-state index in [0.717, 1.165) is 27.4 Å². The Morgan fingerprint density at radius 3 is 2.06 bits per heavy atom. The quantitative estimate of drug-likeness (QED) is 0.506. The molecule has 0 aliphatic carbocycles. The molecule has 0 heterocycles. The monoisotopic (exact) mass is 250 g/mol. The van der Waals surface area contributed by atoms with Gasteiger partial charge in [-0.25, -0.2) is 5.84 Å². The number of nitrogens with two attached hydrogens (primary N) is 1. The van der Waals surface area contributed by atoms with Crippen LogP contribution in [-0.4, -0.2) is 25.1 Å². The Balaban J connectivity index is 3.30. The Hall–Kier alpha value is -1.55. The van der Waals surface area contributed by atoms with Crippen molar-refractivity contribution in [2.45, 2.75) is 33.1 Å². The summed E-state index contributed by atoms with van der Waals surface area (Å²) in [7, 11) is 3.21. The summed E-state index contributed by atoms with van der Waals surface area (Å²) in [4.78, 5) is 12.1. The van der Waals surface area contributed by atoms with Gasteiger partial charge in [-0.15, -0.1) is 0 Å². The Labute approximate surface area is 109 Å². The third-order valence-electron chi connectivity index (χ3n) is 3.24. The highest BCUT2D eigenvalue weighted by Gasteiger charge is 2.32. The molecule has 1 aromatic carbocycles. The fourth-order valence-electron chi connectivity index (χ4n) is 2.20. The number of benzene rings is 1. The van der Waals surface area contributed by atoms with Gasteiger partial charge in [0.2, 0.25) is 5.91 Å². The highest BCUT2D eigenvalue weighted by Crippen LogP contribution is 2.31. The largest absolute Gasteiger partial charge is 0.496 e. The van der Waals surface area contributed by atoms with E-state index in [-0.39, 0.29) is 5.91 Å². The highest BCUT2D eigenvalue weighted by atomic mass is 16.5. The number of methoxy groups -OCH3 is 1. The zero-order valence-electron chi connectivity index (χ0n) is 12.0. The summed E-state index contributed by atoms with van der Waals surface area (Å²) in [5.41, 5.74) is 2.34. The van der Waals surface area contributed by atoms with Crippen molar-refractivity contribution in [1.29, 1.82) is 0 Å². The van der Waals surface area contributed by atoms with Gasteiger partial charge >= 0.3 is 0 Å². The number of hydrogen-bond acceptors (Lipinski definition) is 3. The van der Waals surface area contributed by atoms with Crippen LogP contribution in [0.25, 0.3) is 0 Å². The first-order chi connectivity index (χ1) is 8.21. The second kappa shape index (κ2) is 4.98. The summed E-state index contributed by atoms with van der Waals surface area (Å²) in [5.74, 6) is 6.30. The molecule has 4 heteroatoms. The van der Waals surface area contributed by atoms with E-state index in [9.17, 15) is 4.79 Å². The molecule has 0 spiro atoms. The molecule has 4 nitrogen and oxygen atoms in total. The number of likely N-dealkylation sites (N-methyl/N-ethyl adjacent to an activating group) is 1. The van der Waals surface area contributed by atoms with E-state index in [1.807, 2.05) is 39.8 Å². The van der Waals surface area contributed by atoms with Crippen molar-refractivity contribution in [2.75, 3.05) is 14.2 Å². The maximum atomic E-state index is 12.1. The summed E-state index contributed by atoms with van der Waals surface area (Å²) in [6.07, 6.45) is 0. The molecule has 0 aliphatic rings. The summed E-state index contributed by atoms with van der Waals surface area (Å²) >= 11 is 0. The summed E-state index contributed by atoms with van der Waals surface area (Å²) in [6.45, 7) is 7.70. The number of amides is 1. The predicted molar refractivity (Wildman–Crippen MR) is 72.5 cm³/mol. The van der Waals surface area contributed by atoms with Gasteiger partial charge in [0.1, 0.15) is 5.75 Å². The number of carbonyl (C=O) groups excluding carboxylic acids is 1. The first-order valence-corrected chi connectivity index (χ1v) is 5.90. The number of ether oxygens (including phenoxy) is 1. The minimum absolute atomic E-state index is 0.119. The molecule has 0 unspecified atom stereocenters. The van der Waals surface area contributed by atoms with Crippen molar-refractivity contribution in [2.24, 2.45) is 5.84 Å². The standard InChI is InChI=1S/C14H22N2O2/c1-9-7-11(8-10(2)12(9)18-6)14(3,4)13(17)16(5)15/h7-8H,15H2,1-6H3. The van der Waals surface area contributed by atoms with Gasteiger partial charge in [0.15, 0.2) is 0 Å². The molecule has 0 atom stereocenters. The molecule has 0 aliphatic heterocycles. The predicted octanol–water partition coefficient (Wildman–Crippen LogP) is 1.92. The van der Waals surface area contributed by atoms with Crippen molar-refractivity contribution < 1.29 is 9.53 Å². The van der Waals surface area contributed by atoms with Gasteiger partial charge in [0.05, 0.1) is 12.5 Å². The van der Waals surface area contributed by atoms with E-state index >= 15 is 0 Å². The van der Waals surface area contributed by atoms with Crippen LogP contribution in [0.1, 0.15) is 30.5 Å². The van der Waals surface area contributed by atoms with Crippen LogP contribution in [-0.2, 0) is 10.2 Å². The van der Waals surface area contributed by atoms with Crippen LogP contribution in [0.15, 0.2) is 12.1 Å². The lowest BCUT2D eigenvalue weighted by Gasteiger charge is -2.28. The van der Waals surface area contributed by atoms with Crippen LogP contribution in [0.4, 0.5) is 0 Å². The molecule has 1 rings (SSSR count). The third kappa shape index (κ3) is 2.48. The van der Waals surface area contributed by atoms with E-state index in [4.69, 9.17) is 10.6 Å². The average molecular weight is 250 g/mol. The van der Waals surface area contributed by atoms with Crippen molar-refractivity contribution in [3.05, 3.63) is 28.8 Å². The maximum absolute atomic E-state index is 12.1. The smallest absolute Gasteiger partial charge is 0.246 e. The van der Waals surface area contributed by atoms with Crippen LogP contribution >= 0.6 is 0 Å². The van der Waals surface area contributed by atoms with Gasteiger partial charge in [-0.2, -0.15) is 0 Å². The van der Waals surface area contributed by atoms with Crippen LogP contribution in [0.2, 0.25) is 0 Å². The lowest BCUT2D eigenvalue weighted by molar-refractivity contribution is -0.135. The SMILES string of the molecule is COc1c(C)cc(C(C)(C)C(=O)N(C)N)cc1C. The molecule has 1 amide bonds. The number of aryl methyl sites for hydroxylation is 2. The number of hydrogen-bond donors (Lipinski definition) is 1. The molecule has 0 radical (unpaired) electrons. The fourth-order valence-corrected chi connectivity index (χ4v) is 2.20. The van der Waals surface area contributed by atoms with Gasteiger partial charge in [-0.1, -0.05) is 12.1 Å². The van der Waals surface area contributed by atoms with Crippen LogP contribution in [0.3, 0.4) is 0 Å². The van der Waals surface area contributed by atoms with Crippen molar-refractivity contribution in [1.82, 2.24) is 5.01 Å². The molecule has 18 heavy (non-hydrogen) atoms.